The van der Waals surface area contributed by atoms with Gasteiger partial charge in [-0.2, -0.15) is 0 Å². The van der Waals surface area contributed by atoms with Gasteiger partial charge in [-0.1, -0.05) is 62.9 Å². The molecule has 9 rings (SSSR count). The van der Waals surface area contributed by atoms with Crippen molar-refractivity contribution in [3.05, 3.63) is 189 Å². The van der Waals surface area contributed by atoms with E-state index in [0.717, 1.165) is 32.9 Å². The van der Waals surface area contributed by atoms with Gasteiger partial charge in [0.15, 0.2) is 0 Å². The lowest BCUT2D eigenvalue weighted by molar-refractivity contribution is 0.0910. The van der Waals surface area contributed by atoms with Gasteiger partial charge < -0.3 is 10.6 Å². The van der Waals surface area contributed by atoms with E-state index in [0.29, 0.717) is 33.9 Å². The zero-order chi connectivity index (χ0) is 43.7. The summed E-state index contributed by atoms with van der Waals surface area (Å²) in [6.07, 6.45) is 11.8. The molecule has 0 spiro atoms. The minimum absolute atomic E-state index is 0.129. The molecule has 1 aliphatic carbocycles. The zero-order valence-electron chi connectivity index (χ0n) is 33.8. The molecule has 1 unspecified atom stereocenters. The molecule has 3 aliphatic rings. The Morgan fingerprint density at radius 3 is 1.50 bits per heavy atom. The smallest absolute Gasteiger partial charge is 0.266 e. The van der Waals surface area contributed by atoms with E-state index >= 15 is 0 Å². The third-order valence-electron chi connectivity index (χ3n) is 12.0. The summed E-state index contributed by atoms with van der Waals surface area (Å²) in [5, 5.41) is 5.91. The molecule has 2 aliphatic heterocycles. The Kier molecular flexibility index (Phi) is 9.11. The molecule has 2 N–H and O–H groups in total. The van der Waals surface area contributed by atoms with Gasteiger partial charge >= 0.3 is 0 Å². The SMILES string of the molecule is C#Cc1cccc(N2C(=O)c3ccc(C(=O)Nc4ccc(C5(C)CC(C)(C)c6ccc(NC(=O)c7ccc8c(c7)C(=O)N(c7cccc(C#C)c7)C8=O)cc65)cc4)cc3C2=O)c1. The first kappa shape index (κ1) is 39.1. The summed E-state index contributed by atoms with van der Waals surface area (Å²) >= 11 is 0. The van der Waals surface area contributed by atoms with Crippen molar-refractivity contribution in [2.75, 3.05) is 20.4 Å². The summed E-state index contributed by atoms with van der Waals surface area (Å²) in [5.74, 6) is 2.08. The molecular weight excluding hydrogens is 777 g/mol. The van der Waals surface area contributed by atoms with E-state index in [2.05, 4.69) is 43.2 Å². The van der Waals surface area contributed by atoms with E-state index < -0.39 is 40.9 Å². The summed E-state index contributed by atoms with van der Waals surface area (Å²) in [6, 6.07) is 35.6. The summed E-state index contributed by atoms with van der Waals surface area (Å²) in [7, 11) is 0. The van der Waals surface area contributed by atoms with Crippen molar-refractivity contribution in [2.45, 2.75) is 38.0 Å². The monoisotopic (exact) mass is 812 g/mol. The Morgan fingerprint density at radius 2 is 1.00 bits per heavy atom. The molecule has 0 saturated carbocycles. The number of nitrogens with one attached hydrogen (secondary N) is 2. The number of anilines is 4. The summed E-state index contributed by atoms with van der Waals surface area (Å²) in [4.78, 5) is 82.6. The van der Waals surface area contributed by atoms with Gasteiger partial charge in [-0.05, 0) is 126 Å². The molecule has 1 atom stereocenters. The topological polar surface area (TPSA) is 133 Å². The number of nitrogens with zero attached hydrogens (tertiary/aromatic N) is 2. The lowest BCUT2D eigenvalue weighted by Crippen LogP contribution is -2.29. The normalized spacial score (nSPS) is 16.9. The molecule has 10 nitrogen and oxygen atoms in total. The predicted octanol–water partition coefficient (Wildman–Crippen LogP) is 8.74. The van der Waals surface area contributed by atoms with Crippen molar-refractivity contribution in [3.63, 3.8) is 0 Å². The van der Waals surface area contributed by atoms with Crippen LogP contribution in [0.5, 0.6) is 0 Å². The van der Waals surface area contributed by atoms with Crippen LogP contribution in [0.3, 0.4) is 0 Å². The van der Waals surface area contributed by atoms with Crippen LogP contribution in [0.2, 0.25) is 0 Å². The number of fused-ring (bicyclic) bond motifs is 3. The minimum atomic E-state index is -0.539. The molecule has 62 heavy (non-hydrogen) atoms. The summed E-state index contributed by atoms with van der Waals surface area (Å²) in [6.45, 7) is 6.52. The maximum atomic E-state index is 13.7. The van der Waals surface area contributed by atoms with Gasteiger partial charge in [0.2, 0.25) is 0 Å². The van der Waals surface area contributed by atoms with E-state index in [9.17, 15) is 28.8 Å². The molecule has 6 amide bonds. The largest absolute Gasteiger partial charge is 0.322 e. The lowest BCUT2D eigenvalue weighted by Gasteiger charge is -2.29. The molecule has 2 heterocycles. The number of carbonyl (C=O) groups excluding carboxylic acids is 6. The molecule has 0 radical (unpaired) electrons. The highest BCUT2D eigenvalue weighted by Crippen LogP contribution is 2.53. The van der Waals surface area contributed by atoms with E-state index in [1.807, 2.05) is 42.5 Å². The van der Waals surface area contributed by atoms with Gasteiger partial charge in [0.1, 0.15) is 0 Å². The average molecular weight is 813 g/mol. The predicted molar refractivity (Wildman–Crippen MR) is 237 cm³/mol. The Hall–Kier alpha value is -8.34. The van der Waals surface area contributed by atoms with E-state index in [1.165, 1.54) is 36.4 Å². The molecule has 300 valence electrons. The number of terminal acetylenes is 2. The Morgan fingerprint density at radius 1 is 0.532 bits per heavy atom. The van der Waals surface area contributed by atoms with Crippen molar-refractivity contribution >= 4 is 58.2 Å². The standard InChI is InChI=1S/C52H36N4O6/c1-6-30-10-8-12-37(24-30)55-47(59)39-21-14-32(26-41(39)49(55)61)45(57)53-35-18-16-34(17-19-35)52(5)29-51(3,4)43-23-20-36(28-44(43)52)54-46(58)33-15-22-40-42(27-33)50(62)56(48(40)60)38-13-9-11-31(7-2)25-38/h1-2,8-28H,29H2,3-5H3,(H,53,57)(H,54,58). The fraction of sp³-hybridized carbons (Fsp3) is 0.115. The van der Waals surface area contributed by atoms with Gasteiger partial charge in [-0.25, -0.2) is 9.80 Å². The quantitative estimate of drug-likeness (QED) is 0.122. The molecule has 0 saturated heterocycles. The first-order valence-corrected chi connectivity index (χ1v) is 19.8. The number of benzene rings is 6. The minimum Gasteiger partial charge on any atom is -0.322 e. The Bertz CT molecular complexity index is 3100. The van der Waals surface area contributed by atoms with Crippen LogP contribution >= 0.6 is 0 Å². The number of amides is 6. The maximum absolute atomic E-state index is 13.7. The van der Waals surface area contributed by atoms with Gasteiger partial charge in [-0.15, -0.1) is 12.8 Å². The molecule has 6 aromatic carbocycles. The van der Waals surface area contributed by atoms with Crippen LogP contribution in [0.1, 0.15) is 117 Å². The molecule has 0 aromatic heterocycles. The third-order valence-corrected chi connectivity index (χ3v) is 12.0. The van der Waals surface area contributed by atoms with Crippen molar-refractivity contribution in [1.29, 1.82) is 0 Å². The van der Waals surface area contributed by atoms with Crippen LogP contribution in [-0.2, 0) is 10.8 Å². The molecule has 0 fully saturated rings. The van der Waals surface area contributed by atoms with Crippen molar-refractivity contribution in [2.24, 2.45) is 0 Å². The van der Waals surface area contributed by atoms with Gasteiger partial charge in [0.05, 0.1) is 33.6 Å². The zero-order valence-corrected chi connectivity index (χ0v) is 33.8. The summed E-state index contributed by atoms with van der Waals surface area (Å²) in [5.41, 5.74) is 6.46. The van der Waals surface area contributed by atoms with Gasteiger partial charge in [0, 0.05) is 39.0 Å². The van der Waals surface area contributed by atoms with Crippen molar-refractivity contribution in [1.82, 2.24) is 0 Å². The number of carbonyl (C=O) groups is 6. The molecule has 10 heteroatoms. The van der Waals surface area contributed by atoms with E-state index in [1.54, 1.807) is 48.5 Å². The second-order valence-electron chi connectivity index (χ2n) is 16.4. The number of hydrogen-bond acceptors (Lipinski definition) is 6. The molecule has 0 bridgehead atoms. The number of hydrogen-bond donors (Lipinski definition) is 2. The highest BCUT2D eigenvalue weighted by Gasteiger charge is 2.46. The van der Waals surface area contributed by atoms with E-state index in [-0.39, 0.29) is 38.8 Å². The van der Waals surface area contributed by atoms with E-state index in [4.69, 9.17) is 12.8 Å². The fourth-order valence-electron chi connectivity index (χ4n) is 9.03. The highest BCUT2D eigenvalue weighted by molar-refractivity contribution is 6.35. The third kappa shape index (κ3) is 6.34. The molecule has 6 aromatic rings. The first-order chi connectivity index (χ1) is 29.7. The van der Waals surface area contributed by atoms with Crippen LogP contribution < -0.4 is 20.4 Å². The number of imide groups is 2. The fourth-order valence-corrected chi connectivity index (χ4v) is 9.03. The maximum Gasteiger partial charge on any atom is 0.266 e. The van der Waals surface area contributed by atoms with Crippen LogP contribution in [0.25, 0.3) is 0 Å². The highest BCUT2D eigenvalue weighted by atomic mass is 16.2. The average Bonchev–Trinajstić information content (AvgIpc) is 3.77. The first-order valence-electron chi connectivity index (χ1n) is 19.8. The van der Waals surface area contributed by atoms with Crippen LogP contribution in [0.15, 0.2) is 127 Å². The van der Waals surface area contributed by atoms with Crippen LogP contribution in [0.4, 0.5) is 22.7 Å². The molecular formula is C52H36N4O6. The Labute approximate surface area is 357 Å². The van der Waals surface area contributed by atoms with Gasteiger partial charge in [0.25, 0.3) is 35.4 Å². The lowest BCUT2D eigenvalue weighted by atomic mass is 9.75. The van der Waals surface area contributed by atoms with Crippen molar-refractivity contribution < 1.29 is 28.8 Å². The number of rotatable bonds is 7. The summed E-state index contributed by atoms with van der Waals surface area (Å²) < 4.78 is 0. The van der Waals surface area contributed by atoms with Crippen LogP contribution in [0, 0.1) is 24.7 Å². The van der Waals surface area contributed by atoms with Gasteiger partial charge in [-0.3, -0.25) is 28.8 Å². The van der Waals surface area contributed by atoms with Crippen LogP contribution in [-0.4, -0.2) is 35.4 Å². The second-order valence-corrected chi connectivity index (χ2v) is 16.4. The second kappa shape index (κ2) is 14.4. The Balaban J connectivity index is 0.916. The van der Waals surface area contributed by atoms with Crippen molar-refractivity contribution in [3.8, 4) is 24.7 Å².